The highest BCUT2D eigenvalue weighted by molar-refractivity contribution is 6.16. The van der Waals surface area contributed by atoms with Crippen LogP contribution in [0.1, 0.15) is 35.3 Å². The quantitative estimate of drug-likeness (QED) is 0.316. The lowest BCUT2D eigenvalue weighted by Crippen LogP contribution is -2.62. The fraction of sp³-hybridized carbons (Fsp3) is 0.344. The maximum atomic E-state index is 14.6. The van der Waals surface area contributed by atoms with E-state index in [-0.39, 0.29) is 12.4 Å². The first-order valence-electron chi connectivity index (χ1n) is 13.6. The second-order valence-corrected chi connectivity index (χ2v) is 11.3. The van der Waals surface area contributed by atoms with Crippen LogP contribution in [0, 0.1) is 0 Å². The topological polar surface area (TPSA) is 102 Å². The Morgan fingerprint density at radius 3 is 2.52 bits per heavy atom. The van der Waals surface area contributed by atoms with Crippen LogP contribution in [0.3, 0.4) is 0 Å². The number of H-pyrrole nitrogens is 1. The van der Waals surface area contributed by atoms with Gasteiger partial charge in [0, 0.05) is 33.9 Å². The molecule has 4 aromatic rings. The zero-order chi connectivity index (χ0) is 27.5. The van der Waals surface area contributed by atoms with E-state index < -0.39 is 41.8 Å². The van der Waals surface area contributed by atoms with Crippen molar-refractivity contribution in [1.82, 2.24) is 4.98 Å². The number of carbonyl (C=O) groups excluding carboxylic acids is 1. The Labute approximate surface area is 232 Å². The molecule has 3 N–H and O–H groups in total. The average Bonchev–Trinajstić information content (AvgIpc) is 3.68. The summed E-state index contributed by atoms with van der Waals surface area (Å²) in [5, 5.41) is 15.5. The van der Waals surface area contributed by atoms with E-state index in [9.17, 15) is 9.90 Å². The van der Waals surface area contributed by atoms with Crippen LogP contribution in [0.4, 0.5) is 5.69 Å². The number of rotatable bonds is 7. The van der Waals surface area contributed by atoms with E-state index >= 15 is 0 Å². The van der Waals surface area contributed by atoms with Crippen LogP contribution in [-0.4, -0.2) is 58.8 Å². The molecule has 1 aromatic heterocycles. The smallest absolute Gasteiger partial charge is 0.197 e. The first-order valence-corrected chi connectivity index (χ1v) is 13.6. The second kappa shape index (κ2) is 9.26. The lowest BCUT2D eigenvalue weighted by atomic mass is 9.73. The summed E-state index contributed by atoms with van der Waals surface area (Å²) in [6, 6.07) is 25.2. The minimum absolute atomic E-state index is 0.149. The second-order valence-electron chi connectivity index (χ2n) is 11.3. The number of aromatic amines is 1. The minimum atomic E-state index is -1.40. The maximum Gasteiger partial charge on any atom is 0.197 e. The number of Topliss-reactive ketones (excluding diaryl/α,β-unsaturated/α-hetero) is 1. The third-order valence-corrected chi connectivity index (χ3v) is 8.33. The summed E-state index contributed by atoms with van der Waals surface area (Å²) >= 11 is 0. The molecule has 0 spiro atoms. The Morgan fingerprint density at radius 1 is 0.975 bits per heavy atom. The molecule has 2 saturated heterocycles. The summed E-state index contributed by atoms with van der Waals surface area (Å²) in [6.45, 7) is 3.82. The number of hydrogen-bond acceptors (Lipinski definition) is 7. The van der Waals surface area contributed by atoms with E-state index in [4.69, 9.17) is 18.9 Å². The van der Waals surface area contributed by atoms with Crippen LogP contribution in [0.25, 0.3) is 10.9 Å². The number of ether oxygens (including phenoxy) is 4. The van der Waals surface area contributed by atoms with Gasteiger partial charge in [0.05, 0.1) is 19.8 Å². The molecule has 3 aromatic carbocycles. The number of nitrogens with one attached hydrogen (secondary N) is 2. The normalized spacial score (nSPS) is 30.4. The van der Waals surface area contributed by atoms with Gasteiger partial charge in [-0.25, -0.2) is 0 Å². The van der Waals surface area contributed by atoms with Crippen molar-refractivity contribution >= 4 is 22.4 Å². The predicted molar refractivity (Wildman–Crippen MR) is 149 cm³/mol. The summed E-state index contributed by atoms with van der Waals surface area (Å²) in [6.07, 6.45) is -0.358. The van der Waals surface area contributed by atoms with Crippen LogP contribution >= 0.6 is 0 Å². The molecule has 8 heteroatoms. The molecular formula is C32H32N2O6. The van der Waals surface area contributed by atoms with E-state index in [1.165, 1.54) is 0 Å². The van der Waals surface area contributed by atoms with Crippen LogP contribution in [0.5, 0.6) is 0 Å². The predicted octanol–water partition coefficient (Wildman–Crippen LogP) is 4.54. The van der Waals surface area contributed by atoms with Crippen LogP contribution < -0.4 is 5.32 Å². The van der Waals surface area contributed by atoms with Crippen molar-refractivity contribution in [3.8, 4) is 0 Å². The molecule has 4 heterocycles. The maximum absolute atomic E-state index is 14.6. The fourth-order valence-corrected chi connectivity index (χ4v) is 6.75. The number of para-hydroxylation sites is 2. The highest BCUT2D eigenvalue weighted by Gasteiger charge is 2.73. The van der Waals surface area contributed by atoms with Crippen molar-refractivity contribution in [3.05, 3.63) is 102 Å². The molecule has 3 aliphatic rings. The van der Waals surface area contributed by atoms with Gasteiger partial charge in [0.2, 0.25) is 0 Å². The molecule has 40 heavy (non-hydrogen) atoms. The van der Waals surface area contributed by atoms with Crippen LogP contribution in [0.2, 0.25) is 0 Å². The largest absolute Gasteiger partial charge is 0.393 e. The van der Waals surface area contributed by atoms with Gasteiger partial charge in [-0.1, -0.05) is 60.7 Å². The standard InChI is InChI=1S/C32H32N2O6/c1-30(2)39-28-26(18-37-17-20-10-4-3-5-11-20)38-29(31(28,19-35)40-30)32(23-16-33-24-14-8-6-12-21(23)24)27(36)22-13-7-9-15-25(22)34-32/h3-16,26,28-29,33-35H,17-19H2,1-2H3/t26-,28-,29-,31-,32-/m1/s1. The van der Waals surface area contributed by atoms with Gasteiger partial charge in [0.1, 0.15) is 18.3 Å². The number of benzene rings is 3. The molecule has 2 fully saturated rings. The molecule has 0 radical (unpaired) electrons. The summed E-state index contributed by atoms with van der Waals surface area (Å²) in [7, 11) is 0. The molecule has 0 unspecified atom stereocenters. The zero-order valence-corrected chi connectivity index (χ0v) is 22.4. The first kappa shape index (κ1) is 25.4. The Bertz CT molecular complexity index is 1570. The van der Waals surface area contributed by atoms with Gasteiger partial charge in [-0.2, -0.15) is 0 Å². The van der Waals surface area contributed by atoms with Crippen molar-refractivity contribution in [2.45, 2.75) is 55.7 Å². The van der Waals surface area contributed by atoms with Crippen LogP contribution in [0.15, 0.2) is 85.1 Å². The van der Waals surface area contributed by atoms with Gasteiger partial charge < -0.3 is 34.4 Å². The number of aromatic nitrogens is 1. The Balaban J connectivity index is 1.34. The number of aliphatic hydroxyl groups excluding tert-OH is 1. The van der Waals surface area contributed by atoms with Crippen molar-refractivity contribution < 1.29 is 28.8 Å². The number of fused-ring (bicyclic) bond motifs is 3. The molecule has 7 rings (SSSR count). The average molecular weight is 541 g/mol. The van der Waals surface area contributed by atoms with E-state index in [1.54, 1.807) is 0 Å². The summed E-state index contributed by atoms with van der Waals surface area (Å²) in [5.41, 5.74) is 1.17. The zero-order valence-electron chi connectivity index (χ0n) is 22.4. The fourth-order valence-electron chi connectivity index (χ4n) is 6.75. The van der Waals surface area contributed by atoms with Gasteiger partial charge >= 0.3 is 0 Å². The summed E-state index contributed by atoms with van der Waals surface area (Å²) in [5.74, 6) is -1.16. The highest BCUT2D eigenvalue weighted by Crippen LogP contribution is 2.56. The molecule has 5 atom stereocenters. The van der Waals surface area contributed by atoms with Crippen LogP contribution in [-0.2, 0) is 31.1 Å². The first-order chi connectivity index (χ1) is 19.4. The number of hydrogen-bond donors (Lipinski definition) is 3. The van der Waals surface area contributed by atoms with Crippen molar-refractivity contribution in [1.29, 1.82) is 0 Å². The van der Waals surface area contributed by atoms with Gasteiger partial charge in [0.25, 0.3) is 0 Å². The Hall–Kier alpha value is -3.53. The third kappa shape index (κ3) is 3.68. The van der Waals surface area contributed by atoms with Crippen molar-refractivity contribution in [2.75, 3.05) is 18.5 Å². The number of carbonyl (C=O) groups is 1. The molecule has 0 bridgehead atoms. The summed E-state index contributed by atoms with van der Waals surface area (Å²) < 4.78 is 25.8. The highest BCUT2D eigenvalue weighted by atomic mass is 16.8. The van der Waals surface area contributed by atoms with Gasteiger partial charge in [-0.15, -0.1) is 0 Å². The molecular weight excluding hydrogens is 508 g/mol. The molecule has 8 nitrogen and oxygen atoms in total. The lowest BCUT2D eigenvalue weighted by molar-refractivity contribution is -0.220. The Morgan fingerprint density at radius 2 is 1.73 bits per heavy atom. The Kier molecular flexibility index (Phi) is 5.89. The molecule has 0 aliphatic carbocycles. The molecule has 3 aliphatic heterocycles. The van der Waals surface area contributed by atoms with Gasteiger partial charge in [-0.3, -0.25) is 4.79 Å². The minimum Gasteiger partial charge on any atom is -0.393 e. The van der Waals surface area contributed by atoms with Crippen molar-refractivity contribution in [2.24, 2.45) is 0 Å². The van der Waals surface area contributed by atoms with E-state index in [0.29, 0.717) is 17.9 Å². The van der Waals surface area contributed by atoms with Gasteiger partial charge in [0.15, 0.2) is 22.7 Å². The number of ketones is 1. The monoisotopic (exact) mass is 540 g/mol. The lowest BCUT2D eigenvalue weighted by Gasteiger charge is -2.42. The SMILES string of the molecule is CC1(C)O[C@@H]2[C@@H](COCc3ccccc3)O[C@@H]([C@]3(c4c[nH]c5ccccc45)Nc4ccccc4C3=O)[C@]2(CO)O1. The van der Waals surface area contributed by atoms with E-state index in [1.807, 2.05) is 98.9 Å². The van der Waals surface area contributed by atoms with Crippen molar-refractivity contribution in [3.63, 3.8) is 0 Å². The third-order valence-electron chi connectivity index (χ3n) is 8.33. The molecule has 0 amide bonds. The van der Waals surface area contributed by atoms with E-state index in [2.05, 4.69) is 10.3 Å². The molecule has 206 valence electrons. The summed E-state index contributed by atoms with van der Waals surface area (Å²) in [4.78, 5) is 17.9. The van der Waals surface area contributed by atoms with Gasteiger partial charge in [-0.05, 0) is 37.6 Å². The van der Waals surface area contributed by atoms with E-state index in [0.717, 1.165) is 22.0 Å². The number of aliphatic hydroxyl groups is 1. The number of anilines is 1. The molecule has 0 saturated carbocycles.